The van der Waals surface area contributed by atoms with E-state index in [0.717, 1.165) is 5.56 Å². The van der Waals surface area contributed by atoms with E-state index in [9.17, 15) is 4.79 Å². The van der Waals surface area contributed by atoms with Crippen molar-refractivity contribution in [1.82, 2.24) is 5.43 Å². The van der Waals surface area contributed by atoms with Crippen LogP contribution < -0.4 is 14.9 Å². The van der Waals surface area contributed by atoms with Crippen LogP contribution in [-0.2, 0) is 4.79 Å². The van der Waals surface area contributed by atoms with E-state index in [1.165, 1.54) is 13.3 Å². The topological polar surface area (TPSA) is 83.7 Å². The fourth-order valence-corrected chi connectivity index (χ4v) is 1.32. The summed E-state index contributed by atoms with van der Waals surface area (Å²) in [6.45, 7) is 3.95. The molecule has 0 unspecified atom stereocenters. The molecule has 0 saturated heterocycles. The first kappa shape index (κ1) is 15.2. The summed E-state index contributed by atoms with van der Waals surface area (Å²) in [4.78, 5) is 11.0. The van der Waals surface area contributed by atoms with Gasteiger partial charge in [0.05, 0.1) is 19.4 Å². The zero-order valence-corrected chi connectivity index (χ0v) is 11.1. The SMILES string of the molecule is C=CCOc1ccc(/C=N\NC(=O)CC#N)cc1OC. The van der Waals surface area contributed by atoms with E-state index in [4.69, 9.17) is 14.7 Å². The van der Waals surface area contributed by atoms with Gasteiger partial charge in [-0.3, -0.25) is 4.79 Å². The van der Waals surface area contributed by atoms with Gasteiger partial charge in [0.2, 0.25) is 0 Å². The van der Waals surface area contributed by atoms with Gasteiger partial charge in [0.15, 0.2) is 11.5 Å². The molecule has 0 heterocycles. The van der Waals surface area contributed by atoms with E-state index in [-0.39, 0.29) is 6.42 Å². The molecular weight excluding hydrogens is 258 g/mol. The molecule has 0 aromatic heterocycles. The van der Waals surface area contributed by atoms with Gasteiger partial charge < -0.3 is 9.47 Å². The molecule has 104 valence electrons. The Morgan fingerprint density at radius 3 is 3.00 bits per heavy atom. The van der Waals surface area contributed by atoms with Crippen LogP contribution in [0, 0.1) is 11.3 Å². The number of methoxy groups -OCH3 is 1. The first-order valence-corrected chi connectivity index (χ1v) is 5.82. The lowest BCUT2D eigenvalue weighted by Gasteiger charge is -2.09. The first-order valence-electron chi connectivity index (χ1n) is 5.82. The smallest absolute Gasteiger partial charge is 0.254 e. The number of nitrogens with one attached hydrogen (secondary N) is 1. The number of rotatable bonds is 7. The van der Waals surface area contributed by atoms with Crippen molar-refractivity contribution >= 4 is 12.1 Å². The quantitative estimate of drug-likeness (QED) is 0.465. The van der Waals surface area contributed by atoms with Gasteiger partial charge in [-0.05, 0) is 23.8 Å². The predicted molar refractivity (Wildman–Crippen MR) is 74.7 cm³/mol. The lowest BCUT2D eigenvalue weighted by Crippen LogP contribution is -2.16. The maximum absolute atomic E-state index is 11.0. The Bertz CT molecular complexity index is 547. The van der Waals surface area contributed by atoms with Gasteiger partial charge in [0, 0.05) is 0 Å². The minimum Gasteiger partial charge on any atom is -0.493 e. The van der Waals surface area contributed by atoms with Crippen molar-refractivity contribution in [3.63, 3.8) is 0 Å². The van der Waals surface area contributed by atoms with Crippen molar-refractivity contribution in [1.29, 1.82) is 5.26 Å². The van der Waals surface area contributed by atoms with Crippen molar-refractivity contribution in [2.75, 3.05) is 13.7 Å². The third-order valence-electron chi connectivity index (χ3n) is 2.19. The summed E-state index contributed by atoms with van der Waals surface area (Å²) in [5.41, 5.74) is 2.97. The lowest BCUT2D eigenvalue weighted by atomic mass is 10.2. The van der Waals surface area contributed by atoms with Gasteiger partial charge in [-0.25, -0.2) is 5.43 Å². The molecule has 0 spiro atoms. The summed E-state index contributed by atoms with van der Waals surface area (Å²) in [5, 5.41) is 12.1. The highest BCUT2D eigenvalue weighted by atomic mass is 16.5. The van der Waals surface area contributed by atoms with Crippen molar-refractivity contribution in [2.24, 2.45) is 5.10 Å². The average molecular weight is 273 g/mol. The molecule has 0 bridgehead atoms. The van der Waals surface area contributed by atoms with E-state index < -0.39 is 5.91 Å². The number of hydrogen-bond donors (Lipinski definition) is 1. The van der Waals surface area contributed by atoms with Crippen LogP contribution in [0.5, 0.6) is 11.5 Å². The maximum atomic E-state index is 11.0. The summed E-state index contributed by atoms with van der Waals surface area (Å²) in [5.74, 6) is 0.693. The molecule has 0 aliphatic carbocycles. The summed E-state index contributed by atoms with van der Waals surface area (Å²) in [6.07, 6.45) is 2.86. The van der Waals surface area contributed by atoms with Crippen molar-refractivity contribution < 1.29 is 14.3 Å². The normalized spacial score (nSPS) is 9.80. The Morgan fingerprint density at radius 1 is 1.55 bits per heavy atom. The second-order valence-corrected chi connectivity index (χ2v) is 3.64. The van der Waals surface area contributed by atoms with E-state index in [0.29, 0.717) is 18.1 Å². The summed E-state index contributed by atoms with van der Waals surface area (Å²) in [7, 11) is 1.53. The highest BCUT2D eigenvalue weighted by Gasteiger charge is 2.04. The van der Waals surface area contributed by atoms with Gasteiger partial charge in [-0.1, -0.05) is 12.7 Å². The van der Waals surface area contributed by atoms with Crippen LogP contribution in [0.15, 0.2) is 36.0 Å². The fraction of sp³-hybridized carbons (Fsp3) is 0.214. The van der Waals surface area contributed by atoms with Crippen molar-refractivity contribution in [2.45, 2.75) is 6.42 Å². The third-order valence-corrected chi connectivity index (χ3v) is 2.19. The number of hydrogen-bond acceptors (Lipinski definition) is 5. The minimum absolute atomic E-state index is 0.227. The molecule has 6 heteroatoms. The highest BCUT2D eigenvalue weighted by molar-refractivity contribution is 5.83. The van der Waals surface area contributed by atoms with Gasteiger partial charge >= 0.3 is 0 Å². The Kier molecular flexibility index (Phi) is 6.34. The number of ether oxygens (including phenoxy) is 2. The number of amides is 1. The molecule has 1 N–H and O–H groups in total. The minimum atomic E-state index is -0.457. The molecule has 1 rings (SSSR count). The zero-order valence-electron chi connectivity index (χ0n) is 11.1. The number of hydrazone groups is 1. The number of carbonyl (C=O) groups excluding carboxylic acids is 1. The van der Waals surface area contributed by atoms with Crippen molar-refractivity contribution in [3.8, 4) is 17.6 Å². The van der Waals surface area contributed by atoms with Crippen LogP contribution in [0.25, 0.3) is 0 Å². The van der Waals surface area contributed by atoms with Crippen LogP contribution in [0.4, 0.5) is 0 Å². The van der Waals surface area contributed by atoms with Gasteiger partial charge in [-0.15, -0.1) is 0 Å². The monoisotopic (exact) mass is 273 g/mol. The molecule has 0 radical (unpaired) electrons. The van der Waals surface area contributed by atoms with Crippen LogP contribution in [-0.4, -0.2) is 25.8 Å². The Hall–Kier alpha value is -2.81. The molecule has 20 heavy (non-hydrogen) atoms. The summed E-state index contributed by atoms with van der Waals surface area (Å²) >= 11 is 0. The molecule has 6 nitrogen and oxygen atoms in total. The highest BCUT2D eigenvalue weighted by Crippen LogP contribution is 2.27. The van der Waals surface area contributed by atoms with E-state index >= 15 is 0 Å². The Labute approximate surface area is 117 Å². The second-order valence-electron chi connectivity index (χ2n) is 3.64. The number of nitrogens with zero attached hydrogens (tertiary/aromatic N) is 2. The van der Waals surface area contributed by atoms with Crippen LogP contribution >= 0.6 is 0 Å². The molecule has 0 aliphatic rings. The molecule has 1 aromatic carbocycles. The number of benzene rings is 1. The van der Waals surface area contributed by atoms with Crippen LogP contribution in [0.2, 0.25) is 0 Å². The van der Waals surface area contributed by atoms with Gasteiger partial charge in [0.1, 0.15) is 13.0 Å². The van der Waals surface area contributed by atoms with Crippen molar-refractivity contribution in [3.05, 3.63) is 36.4 Å². The van der Waals surface area contributed by atoms with Gasteiger partial charge in [0.25, 0.3) is 5.91 Å². The second kappa shape index (κ2) is 8.32. The molecule has 0 saturated carbocycles. The fourth-order valence-electron chi connectivity index (χ4n) is 1.32. The zero-order chi connectivity index (χ0) is 14.8. The number of carbonyl (C=O) groups is 1. The maximum Gasteiger partial charge on any atom is 0.254 e. The van der Waals surface area contributed by atoms with E-state index in [1.54, 1.807) is 30.3 Å². The van der Waals surface area contributed by atoms with Crippen LogP contribution in [0.1, 0.15) is 12.0 Å². The van der Waals surface area contributed by atoms with E-state index in [1.807, 2.05) is 0 Å². The predicted octanol–water partition coefficient (Wildman–Crippen LogP) is 1.62. The van der Waals surface area contributed by atoms with E-state index in [2.05, 4.69) is 17.1 Å². The summed E-state index contributed by atoms with van der Waals surface area (Å²) in [6, 6.07) is 6.95. The van der Waals surface area contributed by atoms with Crippen LogP contribution in [0.3, 0.4) is 0 Å². The molecule has 0 fully saturated rings. The van der Waals surface area contributed by atoms with Gasteiger partial charge in [-0.2, -0.15) is 10.4 Å². The molecule has 1 amide bonds. The molecule has 0 aliphatic heterocycles. The molecule has 0 atom stereocenters. The first-order chi connectivity index (χ1) is 9.71. The molecular formula is C14H15N3O3. The standard InChI is InChI=1S/C14H15N3O3/c1-3-8-20-12-5-4-11(9-13(12)19-2)10-16-17-14(18)6-7-15/h3-5,9-10H,1,6,8H2,2H3,(H,17,18)/b16-10-. The lowest BCUT2D eigenvalue weighted by molar-refractivity contribution is -0.120. The molecule has 1 aromatic rings. The Balaban J connectivity index is 2.72. The third kappa shape index (κ3) is 4.82. The average Bonchev–Trinajstić information content (AvgIpc) is 2.46. The largest absolute Gasteiger partial charge is 0.493 e. The summed E-state index contributed by atoms with van der Waals surface area (Å²) < 4.78 is 10.6. The Morgan fingerprint density at radius 2 is 2.35 bits per heavy atom. The number of nitriles is 1.